The summed E-state index contributed by atoms with van der Waals surface area (Å²) in [6.07, 6.45) is 1.73. The van der Waals surface area contributed by atoms with Crippen molar-refractivity contribution in [1.29, 1.82) is 0 Å². The third-order valence-corrected chi connectivity index (χ3v) is 6.65. The summed E-state index contributed by atoms with van der Waals surface area (Å²) in [5, 5.41) is 7.35. The van der Waals surface area contributed by atoms with Gasteiger partial charge in [-0.2, -0.15) is 0 Å². The fourth-order valence-electron chi connectivity index (χ4n) is 2.71. The molecule has 6 nitrogen and oxygen atoms in total. The molecule has 0 bridgehead atoms. The highest BCUT2D eigenvalue weighted by Crippen LogP contribution is 2.22. The minimum atomic E-state index is -3.67. The molecule has 0 spiro atoms. The number of fused-ring (bicyclic) bond motifs is 1. The average Bonchev–Trinajstić information content (AvgIpc) is 3.16. The van der Waals surface area contributed by atoms with E-state index in [1.165, 1.54) is 11.3 Å². The van der Waals surface area contributed by atoms with Gasteiger partial charge < -0.3 is 5.32 Å². The summed E-state index contributed by atoms with van der Waals surface area (Å²) in [5.74, 6) is -0.239. The van der Waals surface area contributed by atoms with Crippen LogP contribution in [0.4, 0.5) is 0 Å². The first-order valence-corrected chi connectivity index (χ1v) is 10.8. The van der Waals surface area contributed by atoms with E-state index in [1.54, 1.807) is 24.4 Å². The van der Waals surface area contributed by atoms with Crippen molar-refractivity contribution < 1.29 is 13.2 Å². The lowest BCUT2D eigenvalue weighted by atomic mass is 10.1. The van der Waals surface area contributed by atoms with Gasteiger partial charge in [-0.25, -0.2) is 18.1 Å². The number of nitrogens with one attached hydrogen (secondary N) is 2. The van der Waals surface area contributed by atoms with Crippen LogP contribution in [0.25, 0.3) is 10.8 Å². The first-order chi connectivity index (χ1) is 12.8. The molecule has 3 aromatic rings. The summed E-state index contributed by atoms with van der Waals surface area (Å²) >= 11 is 1.46. The van der Waals surface area contributed by atoms with Crippen LogP contribution in [0.2, 0.25) is 0 Å². The maximum atomic E-state index is 12.5. The highest BCUT2D eigenvalue weighted by atomic mass is 32.2. The Morgan fingerprint density at radius 2 is 1.89 bits per heavy atom. The SMILES string of the molecule is CC(C)(NC(=O)CCNS(=O)(=O)c1ccc2ccccc2c1)c1nccs1. The first kappa shape index (κ1) is 19.5. The lowest BCUT2D eigenvalue weighted by Gasteiger charge is -2.23. The molecule has 0 aliphatic heterocycles. The maximum Gasteiger partial charge on any atom is 0.240 e. The molecule has 0 unspecified atom stereocenters. The average molecular weight is 404 g/mol. The van der Waals surface area contributed by atoms with Gasteiger partial charge in [-0.15, -0.1) is 11.3 Å². The van der Waals surface area contributed by atoms with E-state index in [9.17, 15) is 13.2 Å². The number of amides is 1. The number of benzene rings is 2. The summed E-state index contributed by atoms with van der Waals surface area (Å²) in [6.45, 7) is 3.75. The van der Waals surface area contributed by atoms with Crippen molar-refractivity contribution in [2.24, 2.45) is 0 Å². The van der Waals surface area contributed by atoms with E-state index < -0.39 is 15.6 Å². The molecule has 0 fully saturated rings. The van der Waals surface area contributed by atoms with E-state index in [-0.39, 0.29) is 23.8 Å². The molecule has 8 heteroatoms. The number of carbonyl (C=O) groups excluding carboxylic acids is 1. The quantitative estimate of drug-likeness (QED) is 0.635. The second-order valence-electron chi connectivity index (χ2n) is 6.67. The lowest BCUT2D eigenvalue weighted by Crippen LogP contribution is -2.42. The van der Waals surface area contributed by atoms with Crippen LogP contribution in [-0.2, 0) is 20.4 Å². The fourth-order valence-corrected chi connectivity index (χ4v) is 4.50. The number of sulfonamides is 1. The van der Waals surface area contributed by atoms with Gasteiger partial charge >= 0.3 is 0 Å². The molecular formula is C19H21N3O3S2. The van der Waals surface area contributed by atoms with Crippen LogP contribution in [0.1, 0.15) is 25.3 Å². The Morgan fingerprint density at radius 1 is 1.15 bits per heavy atom. The topological polar surface area (TPSA) is 88.2 Å². The molecule has 0 aliphatic rings. The molecule has 27 heavy (non-hydrogen) atoms. The fraction of sp³-hybridized carbons (Fsp3) is 0.263. The van der Waals surface area contributed by atoms with Gasteiger partial charge in [0.2, 0.25) is 15.9 Å². The minimum Gasteiger partial charge on any atom is -0.345 e. The maximum absolute atomic E-state index is 12.5. The molecule has 0 saturated carbocycles. The number of nitrogens with zero attached hydrogens (tertiary/aromatic N) is 1. The number of thiazole rings is 1. The number of rotatable bonds is 7. The van der Waals surface area contributed by atoms with Crippen molar-refractivity contribution in [3.05, 3.63) is 59.0 Å². The molecule has 142 valence electrons. The number of aromatic nitrogens is 1. The zero-order chi connectivity index (χ0) is 19.5. The molecule has 0 aliphatic carbocycles. The van der Waals surface area contributed by atoms with Crippen molar-refractivity contribution in [3.8, 4) is 0 Å². The van der Waals surface area contributed by atoms with Gasteiger partial charge in [0.1, 0.15) is 5.01 Å². The summed E-state index contributed by atoms with van der Waals surface area (Å²) in [5.41, 5.74) is -0.595. The van der Waals surface area contributed by atoms with E-state index in [1.807, 2.05) is 43.5 Å². The summed E-state index contributed by atoms with van der Waals surface area (Å²) in [7, 11) is -3.67. The Morgan fingerprint density at radius 3 is 2.59 bits per heavy atom. The molecule has 0 radical (unpaired) electrons. The summed E-state index contributed by atoms with van der Waals surface area (Å²) in [6, 6.07) is 12.5. The van der Waals surface area contributed by atoms with E-state index in [0.717, 1.165) is 15.8 Å². The van der Waals surface area contributed by atoms with E-state index in [0.29, 0.717) is 0 Å². The summed E-state index contributed by atoms with van der Waals surface area (Å²) in [4.78, 5) is 16.6. The first-order valence-electron chi connectivity index (χ1n) is 8.47. The van der Waals surface area contributed by atoms with Crippen LogP contribution in [-0.4, -0.2) is 25.9 Å². The lowest BCUT2D eigenvalue weighted by molar-refractivity contribution is -0.122. The molecule has 1 aromatic heterocycles. The van der Waals surface area contributed by atoms with Gasteiger partial charge in [0.05, 0.1) is 10.4 Å². The number of hydrogen-bond donors (Lipinski definition) is 2. The van der Waals surface area contributed by atoms with Crippen molar-refractivity contribution in [3.63, 3.8) is 0 Å². The molecular weight excluding hydrogens is 382 g/mol. The number of hydrogen-bond acceptors (Lipinski definition) is 5. The molecule has 0 atom stereocenters. The summed E-state index contributed by atoms with van der Waals surface area (Å²) < 4.78 is 27.4. The van der Waals surface area contributed by atoms with E-state index in [4.69, 9.17) is 0 Å². The van der Waals surface area contributed by atoms with Crippen molar-refractivity contribution >= 4 is 38.0 Å². The Kier molecular flexibility index (Phi) is 5.59. The molecule has 2 N–H and O–H groups in total. The Bertz CT molecular complexity index is 1050. The monoisotopic (exact) mass is 403 g/mol. The Labute approximate surface area is 162 Å². The predicted octanol–water partition coefficient (Wildman–Crippen LogP) is 3.02. The van der Waals surface area contributed by atoms with Crippen LogP contribution in [0.5, 0.6) is 0 Å². The van der Waals surface area contributed by atoms with Crippen LogP contribution >= 0.6 is 11.3 Å². The third-order valence-electron chi connectivity index (χ3n) is 4.09. The zero-order valence-electron chi connectivity index (χ0n) is 15.1. The molecule has 2 aromatic carbocycles. The zero-order valence-corrected chi connectivity index (χ0v) is 16.7. The predicted molar refractivity (Wildman–Crippen MR) is 107 cm³/mol. The van der Waals surface area contributed by atoms with Gasteiger partial charge in [-0.1, -0.05) is 30.3 Å². The van der Waals surface area contributed by atoms with Crippen LogP contribution in [0.3, 0.4) is 0 Å². The second-order valence-corrected chi connectivity index (χ2v) is 9.33. The second kappa shape index (κ2) is 7.75. The number of carbonyl (C=O) groups is 1. The van der Waals surface area contributed by atoms with Crippen LogP contribution in [0.15, 0.2) is 58.9 Å². The van der Waals surface area contributed by atoms with Crippen molar-refractivity contribution in [1.82, 2.24) is 15.0 Å². The minimum absolute atomic E-state index is 0.0228. The standard InChI is InChI=1S/C19H21N3O3S2/c1-19(2,18-20-11-12-26-18)22-17(23)9-10-21-27(24,25)16-8-7-14-5-3-4-6-15(14)13-16/h3-8,11-13,21H,9-10H2,1-2H3,(H,22,23). The smallest absolute Gasteiger partial charge is 0.240 e. The van der Waals surface area contributed by atoms with E-state index in [2.05, 4.69) is 15.0 Å². The molecule has 3 rings (SSSR count). The van der Waals surface area contributed by atoms with Gasteiger partial charge in [0.25, 0.3) is 0 Å². The molecule has 1 heterocycles. The van der Waals surface area contributed by atoms with Crippen LogP contribution in [0, 0.1) is 0 Å². The third kappa shape index (κ3) is 4.71. The van der Waals surface area contributed by atoms with Gasteiger partial charge in [0.15, 0.2) is 0 Å². The van der Waals surface area contributed by atoms with Gasteiger partial charge in [-0.05, 0) is 36.8 Å². The highest BCUT2D eigenvalue weighted by Gasteiger charge is 2.25. The van der Waals surface area contributed by atoms with Crippen molar-refractivity contribution in [2.45, 2.75) is 30.7 Å². The normalized spacial score (nSPS) is 12.2. The van der Waals surface area contributed by atoms with E-state index >= 15 is 0 Å². The van der Waals surface area contributed by atoms with Gasteiger partial charge in [0, 0.05) is 24.5 Å². The molecule has 0 saturated heterocycles. The molecule has 1 amide bonds. The van der Waals surface area contributed by atoms with Crippen LogP contribution < -0.4 is 10.0 Å². The Balaban J connectivity index is 1.59. The highest BCUT2D eigenvalue weighted by molar-refractivity contribution is 7.89. The Hall–Kier alpha value is -2.29. The van der Waals surface area contributed by atoms with Gasteiger partial charge in [-0.3, -0.25) is 4.79 Å². The van der Waals surface area contributed by atoms with Crippen molar-refractivity contribution in [2.75, 3.05) is 6.54 Å². The largest absolute Gasteiger partial charge is 0.345 e.